The van der Waals surface area contributed by atoms with Crippen LogP contribution in [0.1, 0.15) is 0 Å². The summed E-state index contributed by atoms with van der Waals surface area (Å²) < 4.78 is 12.8. The zero-order chi connectivity index (χ0) is 74.0. The summed E-state index contributed by atoms with van der Waals surface area (Å²) in [5.41, 5.74) is 20.5. The van der Waals surface area contributed by atoms with Crippen molar-refractivity contribution < 1.29 is 8.83 Å². The van der Waals surface area contributed by atoms with Crippen molar-refractivity contribution in [3.05, 3.63) is 388 Å². The van der Waals surface area contributed by atoms with Crippen LogP contribution in [0.2, 0.25) is 0 Å². The van der Waals surface area contributed by atoms with Crippen molar-refractivity contribution in [2.24, 2.45) is 0 Å². The second-order valence-electron chi connectivity index (χ2n) is 28.5. The van der Waals surface area contributed by atoms with Crippen molar-refractivity contribution >= 4 is 97.7 Å². The molecular formula is C104H64N6O2. The molecule has 4 heterocycles. The van der Waals surface area contributed by atoms with E-state index in [2.05, 4.69) is 376 Å². The van der Waals surface area contributed by atoms with E-state index in [0.29, 0.717) is 34.9 Å². The first-order valence-electron chi connectivity index (χ1n) is 37.7. The summed E-state index contributed by atoms with van der Waals surface area (Å²) in [4.78, 5) is 30.5. The molecule has 0 aliphatic heterocycles. The standard InChI is InChI=1S/C53H33N3O.C51H31N3O/c1-2-12-35(13-3-1)44-17-8-9-18-45(44)36-22-26-38(27-23-36)51-54-52(56-53(55-51)43-30-21-34-11-4-5-14-40(34)31-43)39-28-24-37(25-29-39)46-19-10-20-48-50(46)47-32-41-15-6-7-16-42(41)33-49(47)57-48;1-3-10-38-28-42(26-18-32(38)8-1)34-16-22-36(23-17-34)49-52-50(54-51(53-49)43-27-19-33-9-2-4-11-39(33)29-43)37-24-20-35(21-25-37)44-14-7-15-46-48(44)45-30-40-12-5-6-13-41(40)31-47(45)55-46/h1-33H;1-31H. The van der Waals surface area contributed by atoms with Gasteiger partial charge in [0.2, 0.25) is 0 Å². The maximum Gasteiger partial charge on any atom is 0.164 e. The molecule has 18 aromatic carbocycles. The molecule has 0 saturated heterocycles. The van der Waals surface area contributed by atoms with Gasteiger partial charge in [0, 0.05) is 54.9 Å². The van der Waals surface area contributed by atoms with E-state index in [1.165, 1.54) is 65.3 Å². The largest absolute Gasteiger partial charge is 0.456 e. The first-order valence-corrected chi connectivity index (χ1v) is 37.7. The summed E-state index contributed by atoms with van der Waals surface area (Å²) in [6, 6.07) is 136. The van der Waals surface area contributed by atoms with Gasteiger partial charge in [0.1, 0.15) is 22.3 Å². The molecule has 0 saturated carbocycles. The Morgan fingerprint density at radius 3 is 0.768 bits per heavy atom. The van der Waals surface area contributed by atoms with E-state index in [0.717, 1.165) is 121 Å². The third-order valence-electron chi connectivity index (χ3n) is 21.6. The van der Waals surface area contributed by atoms with Crippen LogP contribution < -0.4 is 0 Å². The van der Waals surface area contributed by atoms with E-state index in [1.54, 1.807) is 0 Å². The molecule has 0 radical (unpaired) electrons. The Hall–Kier alpha value is -15.1. The average Bonchev–Trinajstić information content (AvgIpc) is 1.60. The zero-order valence-corrected chi connectivity index (χ0v) is 60.5. The maximum absolute atomic E-state index is 6.38. The summed E-state index contributed by atoms with van der Waals surface area (Å²) in [5, 5.41) is 16.3. The number of rotatable bonds is 11. The number of hydrogen-bond acceptors (Lipinski definition) is 8. The van der Waals surface area contributed by atoms with Gasteiger partial charge < -0.3 is 8.83 Å². The van der Waals surface area contributed by atoms with Crippen LogP contribution in [0.5, 0.6) is 0 Å². The minimum Gasteiger partial charge on any atom is -0.456 e. The molecule has 0 bridgehead atoms. The lowest BCUT2D eigenvalue weighted by molar-refractivity contribution is 0.669. The predicted molar refractivity (Wildman–Crippen MR) is 462 cm³/mol. The van der Waals surface area contributed by atoms with Crippen LogP contribution in [-0.4, -0.2) is 29.9 Å². The third-order valence-corrected chi connectivity index (χ3v) is 21.6. The van der Waals surface area contributed by atoms with Crippen molar-refractivity contribution in [1.29, 1.82) is 0 Å². The fourth-order valence-electron chi connectivity index (χ4n) is 15.9. The van der Waals surface area contributed by atoms with Gasteiger partial charge >= 0.3 is 0 Å². The van der Waals surface area contributed by atoms with Gasteiger partial charge in [0.25, 0.3) is 0 Å². The van der Waals surface area contributed by atoms with Crippen molar-refractivity contribution in [2.45, 2.75) is 0 Å². The van der Waals surface area contributed by atoms with Crippen molar-refractivity contribution in [3.8, 4) is 124 Å². The molecule has 0 amide bonds. The van der Waals surface area contributed by atoms with E-state index in [9.17, 15) is 0 Å². The van der Waals surface area contributed by atoms with Crippen LogP contribution in [-0.2, 0) is 0 Å². The first-order chi connectivity index (χ1) is 55.4. The highest BCUT2D eigenvalue weighted by atomic mass is 16.3. The molecule has 112 heavy (non-hydrogen) atoms. The van der Waals surface area contributed by atoms with E-state index in [1.807, 2.05) is 12.1 Å². The van der Waals surface area contributed by atoms with Crippen molar-refractivity contribution in [3.63, 3.8) is 0 Å². The fourth-order valence-corrected chi connectivity index (χ4v) is 15.9. The van der Waals surface area contributed by atoms with Crippen LogP contribution in [0.25, 0.3) is 222 Å². The van der Waals surface area contributed by atoms with E-state index >= 15 is 0 Å². The molecule has 8 nitrogen and oxygen atoms in total. The number of nitrogens with zero attached hydrogens (tertiary/aromatic N) is 6. The molecule has 0 aliphatic carbocycles. The van der Waals surface area contributed by atoms with Crippen LogP contribution in [0.4, 0.5) is 0 Å². The van der Waals surface area contributed by atoms with Crippen molar-refractivity contribution in [2.75, 3.05) is 0 Å². The predicted octanol–water partition coefficient (Wildman–Crippen LogP) is 27.6. The second kappa shape index (κ2) is 27.6. The summed E-state index contributed by atoms with van der Waals surface area (Å²) in [6.07, 6.45) is 0. The summed E-state index contributed by atoms with van der Waals surface area (Å²) >= 11 is 0. The van der Waals surface area contributed by atoms with Gasteiger partial charge in [0.05, 0.1) is 0 Å². The molecule has 22 aromatic rings. The fraction of sp³-hybridized carbons (Fsp3) is 0. The number of aromatic nitrogens is 6. The molecule has 0 spiro atoms. The molecule has 4 aromatic heterocycles. The van der Waals surface area contributed by atoms with Gasteiger partial charge in [-0.25, -0.2) is 29.9 Å². The van der Waals surface area contributed by atoms with E-state index in [4.69, 9.17) is 38.7 Å². The smallest absolute Gasteiger partial charge is 0.164 e. The second-order valence-corrected chi connectivity index (χ2v) is 28.5. The number of fused-ring (bicyclic) bond motifs is 11. The summed E-state index contributed by atoms with van der Waals surface area (Å²) in [7, 11) is 0. The zero-order valence-electron chi connectivity index (χ0n) is 60.5. The highest BCUT2D eigenvalue weighted by Crippen LogP contribution is 2.43. The Bertz CT molecular complexity index is 7420. The molecule has 522 valence electrons. The van der Waals surface area contributed by atoms with Crippen molar-refractivity contribution in [1.82, 2.24) is 29.9 Å². The highest BCUT2D eigenvalue weighted by Gasteiger charge is 2.21. The number of benzene rings is 18. The lowest BCUT2D eigenvalue weighted by atomic mass is 9.94. The average molecular weight is 1430 g/mol. The Morgan fingerprint density at radius 2 is 0.393 bits per heavy atom. The van der Waals surface area contributed by atoms with E-state index < -0.39 is 0 Å². The quantitative estimate of drug-likeness (QED) is 0.126. The Balaban J connectivity index is 0.000000142. The lowest BCUT2D eigenvalue weighted by Gasteiger charge is -2.12. The minimum absolute atomic E-state index is 0.617. The van der Waals surface area contributed by atoms with Crippen LogP contribution in [0, 0.1) is 0 Å². The molecule has 0 fully saturated rings. The number of hydrogen-bond donors (Lipinski definition) is 0. The van der Waals surface area contributed by atoms with Crippen LogP contribution >= 0.6 is 0 Å². The molecule has 0 N–H and O–H groups in total. The third kappa shape index (κ3) is 12.2. The van der Waals surface area contributed by atoms with Crippen LogP contribution in [0.15, 0.2) is 397 Å². The molecule has 0 unspecified atom stereocenters. The SMILES string of the molecule is c1ccc(-c2ccccc2-c2ccc(-c3nc(-c4ccc(-c5cccc6oc7cc8ccccc8cc7c56)cc4)nc(-c4ccc5ccccc5c4)n3)cc2)cc1.c1ccc2cc(-c3ccc(-c4nc(-c5ccc(-c6cccc7oc8cc9ccccc9cc8c67)cc5)nc(-c5ccc6ccccc6c5)n4)cc3)ccc2c1. The molecule has 0 atom stereocenters. The normalized spacial score (nSPS) is 11.6. The highest BCUT2D eigenvalue weighted by molar-refractivity contribution is 6.17. The minimum atomic E-state index is 0.617. The maximum atomic E-state index is 6.38. The Morgan fingerprint density at radius 1 is 0.143 bits per heavy atom. The first kappa shape index (κ1) is 65.2. The Labute approximate surface area is 644 Å². The topological polar surface area (TPSA) is 104 Å². The summed E-state index contributed by atoms with van der Waals surface area (Å²) in [6.45, 7) is 0. The van der Waals surface area contributed by atoms with Gasteiger partial charge in [0.15, 0.2) is 34.9 Å². The van der Waals surface area contributed by atoms with E-state index in [-0.39, 0.29) is 0 Å². The lowest BCUT2D eigenvalue weighted by Crippen LogP contribution is -2.00. The molecular weight excluding hydrogens is 1370 g/mol. The number of furan rings is 2. The molecule has 22 rings (SSSR count). The molecule has 8 heteroatoms. The van der Waals surface area contributed by atoms with Gasteiger partial charge in [-0.05, 0) is 164 Å². The molecule has 0 aliphatic rings. The van der Waals surface area contributed by atoms with Gasteiger partial charge in [-0.3, -0.25) is 0 Å². The van der Waals surface area contributed by atoms with Gasteiger partial charge in [-0.2, -0.15) is 0 Å². The summed E-state index contributed by atoms with van der Waals surface area (Å²) in [5.74, 6) is 3.75. The monoisotopic (exact) mass is 1430 g/mol. The van der Waals surface area contributed by atoms with Gasteiger partial charge in [-0.15, -0.1) is 0 Å². The Kier molecular flexibility index (Phi) is 16.1. The van der Waals surface area contributed by atoms with Gasteiger partial charge in [-0.1, -0.05) is 334 Å². The van der Waals surface area contributed by atoms with Crippen LogP contribution in [0.3, 0.4) is 0 Å².